The lowest BCUT2D eigenvalue weighted by Gasteiger charge is -2.12. The molecule has 4 N–H and O–H groups in total. The van der Waals surface area contributed by atoms with Crippen molar-refractivity contribution in [2.75, 3.05) is 17.7 Å². The number of imidazole rings is 1. The van der Waals surface area contributed by atoms with E-state index in [2.05, 4.69) is 15.3 Å². The number of carboxylic acids is 1. The first kappa shape index (κ1) is 26.5. The van der Waals surface area contributed by atoms with Crippen LogP contribution < -0.4 is 15.8 Å². The smallest absolute Gasteiger partial charge is 0.416 e. The largest absolute Gasteiger partial charge is 0.493 e. The molecule has 0 bridgehead atoms. The Kier molecular flexibility index (Phi) is 6.31. The zero-order valence-corrected chi connectivity index (χ0v) is 21.7. The zero-order chi connectivity index (χ0) is 29.1. The van der Waals surface area contributed by atoms with Gasteiger partial charge in [0.1, 0.15) is 34.4 Å². The summed E-state index contributed by atoms with van der Waals surface area (Å²) in [5.74, 6) is -0.322. The molecule has 4 atom stereocenters. The van der Waals surface area contributed by atoms with Crippen molar-refractivity contribution in [2.45, 2.75) is 31.9 Å². The molecule has 3 aromatic heterocycles. The van der Waals surface area contributed by atoms with E-state index in [4.69, 9.17) is 15.5 Å². The van der Waals surface area contributed by atoms with E-state index in [-0.39, 0.29) is 47.5 Å². The van der Waals surface area contributed by atoms with E-state index < -0.39 is 23.6 Å². The fourth-order valence-corrected chi connectivity index (χ4v) is 5.98. The van der Waals surface area contributed by atoms with Gasteiger partial charge in [-0.3, -0.25) is 14.0 Å². The van der Waals surface area contributed by atoms with Gasteiger partial charge in [0.15, 0.2) is 0 Å². The number of hydrogen-bond acceptors (Lipinski definition) is 7. The van der Waals surface area contributed by atoms with E-state index in [1.807, 2.05) is 4.40 Å². The number of alkyl halides is 3. The van der Waals surface area contributed by atoms with E-state index in [0.29, 0.717) is 35.4 Å². The van der Waals surface area contributed by atoms with Gasteiger partial charge in [0.05, 0.1) is 18.1 Å². The highest BCUT2D eigenvalue weighted by atomic mass is 19.4. The maximum atomic E-state index is 13.1. The fraction of sp³-hybridized carbons (Fsp3) is 0.321. The van der Waals surface area contributed by atoms with Gasteiger partial charge in [0.2, 0.25) is 0 Å². The first-order chi connectivity index (χ1) is 19.6. The Hall–Kier alpha value is -4.68. The van der Waals surface area contributed by atoms with E-state index >= 15 is 0 Å². The first-order valence-corrected chi connectivity index (χ1v) is 13.0. The Labute approximate surface area is 231 Å². The summed E-state index contributed by atoms with van der Waals surface area (Å²) in [4.78, 5) is 37.4. The van der Waals surface area contributed by atoms with Gasteiger partial charge in [0, 0.05) is 35.6 Å². The van der Waals surface area contributed by atoms with Crippen LogP contribution in [0.25, 0.3) is 16.8 Å². The third-order valence-electron chi connectivity index (χ3n) is 7.83. The number of carboxylic acid groups (broad SMARTS) is 1. The Morgan fingerprint density at radius 3 is 2.59 bits per heavy atom. The lowest BCUT2D eigenvalue weighted by molar-refractivity contribution is -0.139. The minimum absolute atomic E-state index is 0.0456. The number of aromatic nitrogens is 4. The number of fused-ring (bicyclic) bond motifs is 2. The molecule has 6 rings (SSSR count). The molecule has 0 spiro atoms. The number of nitrogens with two attached hydrogens (primary N) is 1. The van der Waals surface area contributed by atoms with Crippen molar-refractivity contribution in [2.24, 2.45) is 17.8 Å². The van der Waals surface area contributed by atoms with Crippen LogP contribution >= 0.6 is 0 Å². The third kappa shape index (κ3) is 4.70. The van der Waals surface area contributed by atoms with E-state index in [0.717, 1.165) is 24.2 Å². The molecule has 10 nitrogen and oxygen atoms in total. The van der Waals surface area contributed by atoms with Gasteiger partial charge in [-0.25, -0.2) is 15.0 Å². The number of anilines is 2. The highest BCUT2D eigenvalue weighted by Gasteiger charge is 2.60. The van der Waals surface area contributed by atoms with Crippen LogP contribution in [0.4, 0.5) is 24.8 Å². The number of carbonyl (C=O) groups excluding carboxylic acids is 1. The van der Waals surface area contributed by atoms with Gasteiger partial charge in [-0.05, 0) is 61.9 Å². The van der Waals surface area contributed by atoms with Crippen LogP contribution in [-0.4, -0.2) is 42.9 Å². The number of carbonyl (C=O) groups is 2. The van der Waals surface area contributed by atoms with E-state index in [1.54, 1.807) is 25.4 Å². The van der Waals surface area contributed by atoms with Crippen LogP contribution in [0.5, 0.6) is 5.75 Å². The lowest BCUT2D eigenvalue weighted by atomic mass is 9.99. The predicted octanol–water partition coefficient (Wildman–Crippen LogP) is 4.87. The average Bonchev–Trinajstić information content (AvgIpc) is 3.24. The zero-order valence-electron chi connectivity index (χ0n) is 21.7. The summed E-state index contributed by atoms with van der Waals surface area (Å²) in [7, 11) is 0. The highest BCUT2D eigenvalue weighted by molar-refractivity contribution is 6.04. The normalized spacial score (nSPS) is 21.5. The summed E-state index contributed by atoms with van der Waals surface area (Å²) in [6, 6.07) is 6.23. The molecular formula is C28H25F3N6O4. The number of aliphatic carboxylic acids is 1. The molecule has 4 aromatic rings. The summed E-state index contributed by atoms with van der Waals surface area (Å²) < 4.78 is 47.0. The van der Waals surface area contributed by atoms with E-state index in [9.17, 15) is 27.9 Å². The number of rotatable bonds is 7. The van der Waals surface area contributed by atoms with Crippen molar-refractivity contribution >= 4 is 29.0 Å². The second kappa shape index (κ2) is 9.75. The highest BCUT2D eigenvalue weighted by Crippen LogP contribution is 2.62. The summed E-state index contributed by atoms with van der Waals surface area (Å²) >= 11 is 0. The molecule has 1 aromatic carbocycles. The summed E-state index contributed by atoms with van der Waals surface area (Å²) in [5.41, 5.74) is 7.11. The molecule has 2 fully saturated rings. The molecule has 41 heavy (non-hydrogen) atoms. The molecule has 1 amide bonds. The van der Waals surface area contributed by atoms with Crippen LogP contribution in [0.15, 0.2) is 48.9 Å². The molecule has 13 heteroatoms. The number of benzene rings is 1. The van der Waals surface area contributed by atoms with Crippen molar-refractivity contribution in [3.8, 4) is 17.0 Å². The van der Waals surface area contributed by atoms with Crippen LogP contribution in [0, 0.1) is 17.8 Å². The van der Waals surface area contributed by atoms with Gasteiger partial charge in [-0.1, -0.05) is 0 Å². The molecule has 0 aliphatic heterocycles. The monoisotopic (exact) mass is 566 g/mol. The van der Waals surface area contributed by atoms with Gasteiger partial charge < -0.3 is 20.9 Å². The molecule has 2 aliphatic rings. The van der Waals surface area contributed by atoms with Crippen molar-refractivity contribution in [1.82, 2.24) is 19.4 Å². The van der Waals surface area contributed by atoms with Crippen LogP contribution in [0.1, 0.15) is 47.4 Å². The Morgan fingerprint density at radius 2 is 1.90 bits per heavy atom. The molecule has 0 unspecified atom stereocenters. The number of pyridine rings is 1. The average molecular weight is 567 g/mol. The van der Waals surface area contributed by atoms with Gasteiger partial charge in [-0.15, -0.1) is 0 Å². The number of halogens is 3. The van der Waals surface area contributed by atoms with Gasteiger partial charge >= 0.3 is 12.1 Å². The van der Waals surface area contributed by atoms with Gasteiger partial charge in [0.25, 0.3) is 5.91 Å². The summed E-state index contributed by atoms with van der Waals surface area (Å²) in [6.45, 7) is 2.04. The lowest BCUT2D eigenvalue weighted by Crippen LogP contribution is -2.14. The molecule has 0 radical (unpaired) electrons. The Bertz CT molecular complexity index is 1680. The minimum Gasteiger partial charge on any atom is -0.493 e. The van der Waals surface area contributed by atoms with Crippen LogP contribution in [0.3, 0.4) is 0 Å². The molecule has 212 valence electrons. The quantitative estimate of drug-likeness (QED) is 0.287. The third-order valence-corrected chi connectivity index (χ3v) is 7.83. The van der Waals surface area contributed by atoms with Crippen molar-refractivity contribution < 1.29 is 32.6 Å². The molecule has 3 heterocycles. The number of nitrogen functional groups attached to an aromatic ring is 1. The molecule has 2 saturated carbocycles. The van der Waals surface area contributed by atoms with Crippen molar-refractivity contribution in [3.05, 3.63) is 65.9 Å². The molecule has 2 aliphatic carbocycles. The molecular weight excluding hydrogens is 541 g/mol. The van der Waals surface area contributed by atoms with E-state index in [1.165, 1.54) is 12.1 Å². The second-order valence-corrected chi connectivity index (χ2v) is 10.2. The SMILES string of the molecule is CCOc1cc(C(=O)Nc2cc(C(F)(F)F)ccn2)ccc1-c1nc([C@H]2C[C@@H]3[C@H](C2)[C@@H]3C(=O)O)n2ccnc(N)c12. The van der Waals surface area contributed by atoms with Crippen LogP contribution in [-0.2, 0) is 11.0 Å². The Balaban J connectivity index is 1.34. The Morgan fingerprint density at radius 1 is 1.15 bits per heavy atom. The summed E-state index contributed by atoms with van der Waals surface area (Å²) in [6.07, 6.45) is 1.16. The summed E-state index contributed by atoms with van der Waals surface area (Å²) in [5, 5.41) is 11.8. The maximum absolute atomic E-state index is 13.1. The fourth-order valence-electron chi connectivity index (χ4n) is 5.98. The van der Waals surface area contributed by atoms with Gasteiger partial charge in [-0.2, -0.15) is 13.2 Å². The van der Waals surface area contributed by atoms with Crippen LogP contribution in [0.2, 0.25) is 0 Å². The number of hydrogen-bond donors (Lipinski definition) is 3. The molecule has 0 saturated heterocycles. The topological polar surface area (TPSA) is 145 Å². The number of nitrogens with zero attached hydrogens (tertiary/aromatic N) is 4. The van der Waals surface area contributed by atoms with Crippen molar-refractivity contribution in [3.63, 3.8) is 0 Å². The van der Waals surface area contributed by atoms with Crippen molar-refractivity contribution in [1.29, 1.82) is 0 Å². The standard InChI is InChI=1S/C28H25F3N6O4/c1-2-41-19-11-13(26(38)35-20-12-15(5-6-33-20)28(29,30)31)3-4-16(19)22-23-24(32)34-7-8-37(23)25(36-22)14-9-17-18(10-14)21(17)27(39)40/h3-8,11-12,14,17-18,21H,2,9-10H2,1H3,(H2,32,34)(H,39,40)(H,33,35,38)/t14-,17+,18-,21+. The first-order valence-electron chi connectivity index (χ1n) is 13.0. The predicted molar refractivity (Wildman–Crippen MR) is 141 cm³/mol. The number of amides is 1. The second-order valence-electron chi connectivity index (χ2n) is 10.2. The number of nitrogens with one attached hydrogen (secondary N) is 1. The number of ether oxygens (including phenoxy) is 1. The maximum Gasteiger partial charge on any atom is 0.416 e. The minimum atomic E-state index is -4.58.